The van der Waals surface area contributed by atoms with Crippen LogP contribution in [0, 0.1) is 0 Å². The Kier molecular flexibility index (Phi) is 5.50. The molecule has 0 fully saturated rings. The van der Waals surface area contributed by atoms with Gasteiger partial charge in [-0.15, -0.1) is 0 Å². The van der Waals surface area contributed by atoms with Crippen molar-refractivity contribution in [3.63, 3.8) is 0 Å². The number of carboxylic acids is 1. The molecule has 1 aliphatic rings. The molecule has 2 N–H and O–H groups in total. The van der Waals surface area contributed by atoms with Crippen LogP contribution >= 0.6 is 0 Å². The van der Waals surface area contributed by atoms with Crippen LogP contribution in [0.5, 0.6) is 0 Å². The zero-order valence-electron chi connectivity index (χ0n) is 17.3. The summed E-state index contributed by atoms with van der Waals surface area (Å²) in [5.74, 6) is -1.63. The molecule has 0 aliphatic carbocycles. The lowest BCUT2D eigenvalue weighted by Gasteiger charge is -2.31. The summed E-state index contributed by atoms with van der Waals surface area (Å²) in [5, 5.41) is 13.3. The van der Waals surface area contributed by atoms with Crippen LogP contribution in [0.3, 0.4) is 0 Å². The maximum atomic E-state index is 13.0. The first kappa shape index (κ1) is 20.3. The number of benzene rings is 2. The second-order valence-corrected chi connectivity index (χ2v) is 7.50. The minimum Gasteiger partial charge on any atom is -0.478 e. The van der Waals surface area contributed by atoms with Gasteiger partial charge in [-0.2, -0.15) is 0 Å². The largest absolute Gasteiger partial charge is 0.478 e. The molecule has 1 unspecified atom stereocenters. The number of pyridine rings is 1. The summed E-state index contributed by atoms with van der Waals surface area (Å²) in [7, 11) is 0. The fourth-order valence-corrected chi connectivity index (χ4v) is 4.13. The number of nitrogens with zero attached hydrogens (tertiary/aromatic N) is 1. The summed E-state index contributed by atoms with van der Waals surface area (Å²) in [6.07, 6.45) is 3.41. The Morgan fingerprint density at radius 2 is 1.65 bits per heavy atom. The molecule has 31 heavy (non-hydrogen) atoms. The van der Waals surface area contributed by atoms with Gasteiger partial charge < -0.3 is 10.4 Å². The Morgan fingerprint density at radius 3 is 2.32 bits per heavy atom. The van der Waals surface area contributed by atoms with Crippen LogP contribution in [0.1, 0.15) is 46.8 Å². The number of nitrogens with one attached hydrogen (secondary N) is 1. The quantitative estimate of drug-likeness (QED) is 0.591. The van der Waals surface area contributed by atoms with Crippen molar-refractivity contribution in [1.29, 1.82) is 0 Å². The number of dihydropyridines is 1. The predicted octanol–water partition coefficient (Wildman–Crippen LogP) is 4.79. The smallest absolute Gasteiger partial charge is 0.334 e. The van der Waals surface area contributed by atoms with Crippen molar-refractivity contribution >= 4 is 17.3 Å². The molecular weight excluding hydrogens is 388 g/mol. The van der Waals surface area contributed by atoms with E-state index >= 15 is 0 Å². The van der Waals surface area contributed by atoms with Crippen LogP contribution in [0.2, 0.25) is 0 Å². The Hall–Kier alpha value is -3.99. The molecule has 2 heterocycles. The van der Waals surface area contributed by atoms with Gasteiger partial charge in [0, 0.05) is 40.8 Å². The second-order valence-electron chi connectivity index (χ2n) is 7.50. The lowest BCUT2D eigenvalue weighted by atomic mass is 9.77. The molecule has 0 bridgehead atoms. The summed E-state index contributed by atoms with van der Waals surface area (Å²) in [6, 6.07) is 20.0. The number of hydrogen-bond acceptors (Lipinski definition) is 4. The summed E-state index contributed by atoms with van der Waals surface area (Å²) in [4.78, 5) is 29.5. The normalized spacial score (nSPS) is 16.1. The molecule has 4 rings (SSSR count). The molecule has 1 aromatic heterocycles. The van der Waals surface area contributed by atoms with Crippen molar-refractivity contribution in [3.05, 3.63) is 118 Å². The molecule has 0 saturated carbocycles. The highest BCUT2D eigenvalue weighted by molar-refractivity contribution is 6.09. The maximum Gasteiger partial charge on any atom is 0.334 e. The lowest BCUT2D eigenvalue weighted by Crippen LogP contribution is -2.27. The van der Waals surface area contributed by atoms with E-state index in [-0.39, 0.29) is 11.4 Å². The molecular formula is C26H22N2O3. The number of carboxylic acid groups (broad SMARTS) is 1. The zero-order valence-corrected chi connectivity index (χ0v) is 17.3. The molecule has 0 amide bonds. The van der Waals surface area contributed by atoms with Crippen LogP contribution < -0.4 is 5.32 Å². The molecule has 2 aromatic carbocycles. The molecule has 0 radical (unpaired) electrons. The Labute approximate surface area is 180 Å². The van der Waals surface area contributed by atoms with Crippen molar-refractivity contribution in [2.75, 3.05) is 0 Å². The SMILES string of the molecule is CC1=C(C(=O)O)C(c2cccc(C(=O)c3ccccc3)c2)C(c2cccnc2)=C(C)N1. The molecule has 1 aliphatic heterocycles. The fraction of sp³-hybridized carbons (Fsp3) is 0.115. The van der Waals surface area contributed by atoms with Gasteiger partial charge in [0.2, 0.25) is 0 Å². The molecule has 0 spiro atoms. The van der Waals surface area contributed by atoms with Gasteiger partial charge >= 0.3 is 5.97 Å². The Bertz CT molecular complexity index is 1210. The number of ketones is 1. The Morgan fingerprint density at radius 1 is 0.903 bits per heavy atom. The third kappa shape index (κ3) is 3.90. The third-order valence-electron chi connectivity index (χ3n) is 5.48. The van der Waals surface area contributed by atoms with E-state index in [1.54, 1.807) is 49.6 Å². The molecule has 0 saturated heterocycles. The van der Waals surface area contributed by atoms with Crippen molar-refractivity contribution in [2.45, 2.75) is 19.8 Å². The number of carbonyl (C=O) groups is 2. The third-order valence-corrected chi connectivity index (χ3v) is 5.48. The van der Waals surface area contributed by atoms with E-state index in [9.17, 15) is 14.7 Å². The zero-order chi connectivity index (χ0) is 22.0. The number of aliphatic carboxylic acids is 1. The number of rotatable bonds is 5. The first-order chi connectivity index (χ1) is 15.0. The standard InChI is InChI=1S/C26H22N2O3/c1-16-22(21-12-7-13-27-15-21)24(23(26(30)31)17(2)28-16)19-10-6-11-20(14-19)25(29)18-8-4-3-5-9-18/h3-15,24,28H,1-2H3,(H,30,31). The first-order valence-electron chi connectivity index (χ1n) is 9.99. The molecule has 1 atom stereocenters. The topological polar surface area (TPSA) is 79.3 Å². The van der Waals surface area contributed by atoms with Crippen LogP contribution in [0.4, 0.5) is 0 Å². The van der Waals surface area contributed by atoms with Crippen molar-refractivity contribution in [2.24, 2.45) is 0 Å². The summed E-state index contributed by atoms with van der Waals surface area (Å²) >= 11 is 0. The lowest BCUT2D eigenvalue weighted by molar-refractivity contribution is -0.132. The minimum absolute atomic E-state index is 0.0995. The van der Waals surface area contributed by atoms with Crippen molar-refractivity contribution in [3.8, 4) is 0 Å². The van der Waals surface area contributed by atoms with Gasteiger partial charge in [0.25, 0.3) is 0 Å². The highest BCUT2D eigenvalue weighted by Crippen LogP contribution is 2.43. The van der Waals surface area contributed by atoms with Crippen LogP contribution in [0.15, 0.2) is 96.1 Å². The highest BCUT2D eigenvalue weighted by Gasteiger charge is 2.34. The van der Waals surface area contributed by atoms with Crippen LogP contribution in [0.25, 0.3) is 5.57 Å². The molecule has 3 aromatic rings. The molecule has 154 valence electrons. The second kappa shape index (κ2) is 8.40. The number of allylic oxidation sites excluding steroid dienone is 3. The fourth-order valence-electron chi connectivity index (χ4n) is 4.13. The van der Waals surface area contributed by atoms with E-state index in [2.05, 4.69) is 10.3 Å². The summed E-state index contributed by atoms with van der Waals surface area (Å²) in [5.41, 5.74) is 5.24. The summed E-state index contributed by atoms with van der Waals surface area (Å²) < 4.78 is 0. The number of carbonyl (C=O) groups excluding carboxylic acids is 1. The van der Waals surface area contributed by atoms with E-state index in [4.69, 9.17) is 0 Å². The van der Waals surface area contributed by atoms with E-state index in [1.165, 1.54) is 0 Å². The molecule has 5 heteroatoms. The number of hydrogen-bond donors (Lipinski definition) is 2. The van der Waals surface area contributed by atoms with Crippen molar-refractivity contribution < 1.29 is 14.7 Å². The summed E-state index contributed by atoms with van der Waals surface area (Å²) in [6.45, 7) is 3.69. The Balaban J connectivity index is 1.87. The van der Waals surface area contributed by atoms with Gasteiger partial charge in [-0.05, 0) is 42.7 Å². The van der Waals surface area contributed by atoms with Crippen molar-refractivity contribution in [1.82, 2.24) is 10.3 Å². The average Bonchev–Trinajstić information content (AvgIpc) is 2.79. The van der Waals surface area contributed by atoms with Gasteiger partial charge in [-0.3, -0.25) is 9.78 Å². The first-order valence-corrected chi connectivity index (χ1v) is 9.99. The highest BCUT2D eigenvalue weighted by atomic mass is 16.4. The van der Waals surface area contributed by atoms with E-state index < -0.39 is 11.9 Å². The van der Waals surface area contributed by atoms with Gasteiger partial charge in [0.15, 0.2) is 5.78 Å². The van der Waals surface area contributed by atoms with E-state index in [0.717, 1.165) is 22.4 Å². The van der Waals surface area contributed by atoms with Gasteiger partial charge in [-0.25, -0.2) is 4.79 Å². The average molecular weight is 410 g/mol. The predicted molar refractivity (Wildman–Crippen MR) is 119 cm³/mol. The number of aromatic nitrogens is 1. The van der Waals surface area contributed by atoms with Crippen LogP contribution in [-0.2, 0) is 4.79 Å². The van der Waals surface area contributed by atoms with Crippen LogP contribution in [-0.4, -0.2) is 21.8 Å². The van der Waals surface area contributed by atoms with E-state index in [1.807, 2.05) is 43.3 Å². The van der Waals surface area contributed by atoms with E-state index in [0.29, 0.717) is 16.8 Å². The van der Waals surface area contributed by atoms with Gasteiger partial charge in [0.1, 0.15) is 0 Å². The monoisotopic (exact) mass is 410 g/mol. The minimum atomic E-state index is -0.997. The maximum absolute atomic E-state index is 13.0. The van der Waals surface area contributed by atoms with Gasteiger partial charge in [0.05, 0.1) is 5.57 Å². The molecule has 5 nitrogen and oxygen atoms in total. The van der Waals surface area contributed by atoms with Gasteiger partial charge in [-0.1, -0.05) is 54.6 Å².